The first kappa shape index (κ1) is 15.7. The number of rotatable bonds is 2. The predicted molar refractivity (Wildman–Crippen MR) is 94.8 cm³/mol. The third kappa shape index (κ3) is 2.66. The summed E-state index contributed by atoms with van der Waals surface area (Å²) in [5.41, 5.74) is 4.00. The molecule has 0 unspecified atom stereocenters. The predicted octanol–water partition coefficient (Wildman–Crippen LogP) is 4.30. The van der Waals surface area contributed by atoms with E-state index in [1.54, 1.807) is 30.5 Å². The molecule has 2 aromatic carbocycles. The lowest BCUT2D eigenvalue weighted by molar-refractivity contribution is 0.410. The maximum atomic E-state index is 14.7. The van der Waals surface area contributed by atoms with E-state index < -0.39 is 5.82 Å². The summed E-state index contributed by atoms with van der Waals surface area (Å²) in [6.07, 6.45) is 3.22. The summed E-state index contributed by atoms with van der Waals surface area (Å²) < 4.78 is 20.0. The Hall–Kier alpha value is -2.79. The van der Waals surface area contributed by atoms with Gasteiger partial charge in [-0.25, -0.2) is 14.4 Å². The monoisotopic (exact) mass is 353 g/mol. The number of aromatic nitrogens is 2. The zero-order chi connectivity index (χ0) is 17.4. The van der Waals surface area contributed by atoms with Crippen LogP contribution < -0.4 is 4.74 Å². The summed E-state index contributed by atoms with van der Waals surface area (Å²) in [6, 6.07) is 10.1. The van der Waals surface area contributed by atoms with Crippen LogP contribution in [0.4, 0.5) is 4.39 Å². The molecule has 1 aromatic heterocycles. The van der Waals surface area contributed by atoms with Crippen molar-refractivity contribution >= 4 is 17.3 Å². The van der Waals surface area contributed by atoms with Gasteiger partial charge >= 0.3 is 0 Å². The molecule has 0 fully saturated rings. The topological polar surface area (TPSA) is 47.4 Å². The van der Waals surface area contributed by atoms with E-state index in [-0.39, 0.29) is 0 Å². The van der Waals surface area contributed by atoms with Gasteiger partial charge in [-0.3, -0.25) is 4.99 Å². The molecule has 25 heavy (non-hydrogen) atoms. The maximum absolute atomic E-state index is 14.7. The second kappa shape index (κ2) is 6.26. The van der Waals surface area contributed by atoms with Gasteiger partial charge < -0.3 is 4.74 Å². The number of hydrogen-bond donors (Lipinski definition) is 0. The molecule has 0 spiro atoms. The molecule has 1 aliphatic rings. The molecule has 4 rings (SSSR count). The minimum Gasteiger partial charge on any atom is -0.496 e. The number of halogens is 2. The number of benzene rings is 2. The van der Waals surface area contributed by atoms with Crippen molar-refractivity contribution in [2.45, 2.75) is 6.54 Å². The van der Waals surface area contributed by atoms with Crippen LogP contribution in [0.5, 0.6) is 5.75 Å². The average molecular weight is 354 g/mol. The summed E-state index contributed by atoms with van der Waals surface area (Å²) in [6.45, 7) is 0.343. The molecule has 0 saturated heterocycles. The van der Waals surface area contributed by atoms with Gasteiger partial charge in [0, 0.05) is 27.9 Å². The summed E-state index contributed by atoms with van der Waals surface area (Å²) in [5.74, 6) is 0.0165. The SMILES string of the molecule is COc1cccc(F)c1C1=NCc2cncnc2-c2ccc(Cl)cc21. The molecule has 0 aliphatic carbocycles. The highest BCUT2D eigenvalue weighted by Crippen LogP contribution is 2.35. The fourth-order valence-electron chi connectivity index (χ4n) is 3.00. The molecule has 6 heteroatoms. The number of methoxy groups -OCH3 is 1. The Morgan fingerprint density at radius 3 is 2.88 bits per heavy atom. The van der Waals surface area contributed by atoms with E-state index in [4.69, 9.17) is 16.3 Å². The van der Waals surface area contributed by atoms with Gasteiger partial charge in [-0.15, -0.1) is 0 Å². The first-order chi connectivity index (χ1) is 12.2. The second-order valence-corrected chi connectivity index (χ2v) is 6.00. The summed E-state index contributed by atoms with van der Waals surface area (Å²) in [7, 11) is 1.51. The van der Waals surface area contributed by atoms with Gasteiger partial charge in [-0.1, -0.05) is 23.7 Å². The molecule has 4 nitrogen and oxygen atoms in total. The van der Waals surface area contributed by atoms with E-state index in [9.17, 15) is 4.39 Å². The second-order valence-electron chi connectivity index (χ2n) is 5.57. The van der Waals surface area contributed by atoms with Crippen molar-refractivity contribution in [3.8, 4) is 17.0 Å². The maximum Gasteiger partial charge on any atom is 0.136 e. The van der Waals surface area contributed by atoms with Crippen LogP contribution in [-0.4, -0.2) is 22.8 Å². The van der Waals surface area contributed by atoms with Crippen LogP contribution in [0.3, 0.4) is 0 Å². The van der Waals surface area contributed by atoms with Crippen molar-refractivity contribution in [2.24, 2.45) is 4.99 Å². The van der Waals surface area contributed by atoms with E-state index in [2.05, 4.69) is 15.0 Å². The first-order valence-electron chi connectivity index (χ1n) is 7.65. The van der Waals surface area contributed by atoms with Crippen LogP contribution >= 0.6 is 11.6 Å². The number of ether oxygens (including phenoxy) is 1. The number of fused-ring (bicyclic) bond motifs is 3. The standard InChI is InChI=1S/C19H13ClFN3O/c1-25-16-4-2-3-15(21)17(16)19-14-7-12(20)5-6-13(14)18-11(9-23-19)8-22-10-24-18/h2-8,10H,9H2,1H3. The lowest BCUT2D eigenvalue weighted by atomic mass is 9.94. The average Bonchev–Trinajstić information content (AvgIpc) is 2.78. The van der Waals surface area contributed by atoms with Crippen LogP contribution in [0.2, 0.25) is 5.02 Å². The molecule has 0 amide bonds. The Morgan fingerprint density at radius 1 is 1.16 bits per heavy atom. The molecule has 2 heterocycles. The van der Waals surface area contributed by atoms with E-state index >= 15 is 0 Å². The van der Waals surface area contributed by atoms with Crippen LogP contribution in [0.25, 0.3) is 11.3 Å². The molecule has 0 saturated carbocycles. The van der Waals surface area contributed by atoms with Crippen LogP contribution in [0, 0.1) is 5.82 Å². The third-order valence-corrected chi connectivity index (χ3v) is 4.35. The molecule has 0 bridgehead atoms. The lowest BCUT2D eigenvalue weighted by Gasteiger charge is -2.14. The quantitative estimate of drug-likeness (QED) is 0.690. The van der Waals surface area contributed by atoms with Crippen molar-refractivity contribution in [1.29, 1.82) is 0 Å². The molecule has 0 N–H and O–H groups in total. The Labute approximate surface area is 149 Å². The Balaban J connectivity index is 2.04. The summed E-state index contributed by atoms with van der Waals surface area (Å²) in [4.78, 5) is 13.1. The molecule has 0 atom stereocenters. The normalized spacial score (nSPS) is 12.7. The Kier molecular flexibility index (Phi) is 3.93. The van der Waals surface area contributed by atoms with E-state index in [0.29, 0.717) is 34.2 Å². The van der Waals surface area contributed by atoms with Gasteiger partial charge in [0.25, 0.3) is 0 Å². The molecule has 1 aliphatic heterocycles. The van der Waals surface area contributed by atoms with Crippen LogP contribution in [-0.2, 0) is 6.54 Å². The minimum atomic E-state index is -0.402. The van der Waals surface area contributed by atoms with Crippen molar-refractivity contribution < 1.29 is 9.13 Å². The highest BCUT2D eigenvalue weighted by Gasteiger charge is 2.24. The van der Waals surface area contributed by atoms with Crippen molar-refractivity contribution in [1.82, 2.24) is 9.97 Å². The van der Waals surface area contributed by atoms with Crippen LogP contribution in [0.15, 0.2) is 53.9 Å². The fourth-order valence-corrected chi connectivity index (χ4v) is 3.18. The van der Waals surface area contributed by atoms with Gasteiger partial charge in [0.05, 0.1) is 30.6 Å². The third-order valence-electron chi connectivity index (χ3n) is 4.12. The van der Waals surface area contributed by atoms with E-state index in [1.807, 2.05) is 6.07 Å². The minimum absolute atomic E-state index is 0.314. The largest absolute Gasteiger partial charge is 0.496 e. The lowest BCUT2D eigenvalue weighted by Crippen LogP contribution is -2.09. The van der Waals surface area contributed by atoms with E-state index in [0.717, 1.165) is 16.8 Å². The van der Waals surface area contributed by atoms with Crippen molar-refractivity contribution in [3.05, 3.63) is 76.5 Å². The van der Waals surface area contributed by atoms with Crippen LogP contribution in [0.1, 0.15) is 16.7 Å². The number of hydrogen-bond acceptors (Lipinski definition) is 4. The zero-order valence-electron chi connectivity index (χ0n) is 13.3. The Bertz CT molecular complexity index is 1000. The van der Waals surface area contributed by atoms with Gasteiger partial charge in [-0.2, -0.15) is 0 Å². The first-order valence-corrected chi connectivity index (χ1v) is 8.03. The van der Waals surface area contributed by atoms with Crippen molar-refractivity contribution in [3.63, 3.8) is 0 Å². The summed E-state index contributed by atoms with van der Waals surface area (Å²) >= 11 is 6.21. The number of aliphatic imine (C=N–C) groups is 1. The van der Waals surface area contributed by atoms with Gasteiger partial charge in [-0.05, 0) is 24.3 Å². The van der Waals surface area contributed by atoms with Gasteiger partial charge in [0.1, 0.15) is 17.9 Å². The molecule has 124 valence electrons. The highest BCUT2D eigenvalue weighted by atomic mass is 35.5. The fraction of sp³-hybridized carbons (Fsp3) is 0.105. The summed E-state index contributed by atoms with van der Waals surface area (Å²) in [5, 5.41) is 0.541. The molecular weight excluding hydrogens is 341 g/mol. The van der Waals surface area contributed by atoms with E-state index in [1.165, 1.54) is 19.5 Å². The van der Waals surface area contributed by atoms with Gasteiger partial charge in [0.15, 0.2) is 0 Å². The van der Waals surface area contributed by atoms with Gasteiger partial charge in [0.2, 0.25) is 0 Å². The molecular formula is C19H13ClFN3O. The molecule has 3 aromatic rings. The van der Waals surface area contributed by atoms with Crippen molar-refractivity contribution in [2.75, 3.05) is 7.11 Å². The number of nitrogens with zero attached hydrogens (tertiary/aromatic N) is 3. The Morgan fingerprint density at radius 2 is 2.04 bits per heavy atom. The smallest absolute Gasteiger partial charge is 0.136 e. The molecule has 0 radical (unpaired) electrons. The zero-order valence-corrected chi connectivity index (χ0v) is 14.1. The highest BCUT2D eigenvalue weighted by molar-refractivity contribution is 6.31.